The van der Waals surface area contributed by atoms with Crippen LogP contribution in [0, 0.1) is 0 Å². The van der Waals surface area contributed by atoms with Crippen molar-refractivity contribution in [3.05, 3.63) is 29.8 Å². The fourth-order valence-electron chi connectivity index (χ4n) is 2.63. The molecule has 3 N–H and O–H groups in total. The van der Waals surface area contributed by atoms with E-state index in [0.29, 0.717) is 0 Å². The maximum atomic E-state index is 12.0. The molecule has 0 radical (unpaired) electrons. The number of nitrogens with zero attached hydrogens (tertiary/aromatic N) is 1. The number of carbonyl (C=O) groups excluding carboxylic acids is 1. The van der Waals surface area contributed by atoms with E-state index < -0.39 is 6.04 Å². The van der Waals surface area contributed by atoms with Gasteiger partial charge in [-0.1, -0.05) is 31.5 Å². The third-order valence-electron chi connectivity index (χ3n) is 3.80. The van der Waals surface area contributed by atoms with Gasteiger partial charge in [-0.15, -0.1) is 0 Å². The van der Waals surface area contributed by atoms with Crippen LogP contribution in [-0.4, -0.2) is 29.9 Å². The molecule has 0 aliphatic carbocycles. The van der Waals surface area contributed by atoms with Crippen LogP contribution in [0.25, 0.3) is 0 Å². The fourth-order valence-corrected chi connectivity index (χ4v) is 2.63. The molecule has 4 nitrogen and oxygen atoms in total. The summed E-state index contributed by atoms with van der Waals surface area (Å²) < 4.78 is 0. The van der Waals surface area contributed by atoms with Gasteiger partial charge in [-0.25, -0.2) is 0 Å². The largest absolute Gasteiger partial charge is 0.324 e. The summed E-state index contributed by atoms with van der Waals surface area (Å²) in [5, 5.41) is 2.98. The molecule has 1 aliphatic heterocycles. The van der Waals surface area contributed by atoms with Gasteiger partial charge in [-0.2, -0.15) is 0 Å². The van der Waals surface area contributed by atoms with Crippen LogP contribution >= 0.6 is 0 Å². The van der Waals surface area contributed by atoms with E-state index >= 15 is 0 Å². The first kappa shape index (κ1) is 15.0. The maximum Gasteiger partial charge on any atom is 0.241 e. The van der Waals surface area contributed by atoms with Gasteiger partial charge in [0.2, 0.25) is 5.91 Å². The minimum Gasteiger partial charge on any atom is -0.324 e. The van der Waals surface area contributed by atoms with Crippen molar-refractivity contribution in [3.8, 4) is 0 Å². The molecule has 0 spiro atoms. The molecular weight excluding hydrogens is 250 g/mol. The van der Waals surface area contributed by atoms with Gasteiger partial charge in [0.05, 0.1) is 6.04 Å². The molecule has 4 heteroatoms. The molecule has 1 amide bonds. The summed E-state index contributed by atoms with van der Waals surface area (Å²) in [5.74, 6) is -0.0827. The average molecular weight is 275 g/mol. The van der Waals surface area contributed by atoms with Crippen molar-refractivity contribution in [2.75, 3.05) is 18.4 Å². The Morgan fingerprint density at radius 3 is 2.75 bits per heavy atom. The third kappa shape index (κ3) is 4.05. The molecule has 1 atom stereocenters. The lowest BCUT2D eigenvalue weighted by molar-refractivity contribution is -0.117. The van der Waals surface area contributed by atoms with Crippen LogP contribution in [0.1, 0.15) is 38.2 Å². The van der Waals surface area contributed by atoms with Crippen LogP contribution in [-0.2, 0) is 11.3 Å². The Morgan fingerprint density at radius 1 is 1.35 bits per heavy atom. The van der Waals surface area contributed by atoms with Crippen LogP contribution in [0.5, 0.6) is 0 Å². The molecule has 1 aliphatic rings. The highest BCUT2D eigenvalue weighted by molar-refractivity contribution is 5.95. The number of nitrogens with two attached hydrogens (primary N) is 1. The summed E-state index contributed by atoms with van der Waals surface area (Å²) in [6.45, 7) is 5.24. The Balaban J connectivity index is 2.01. The van der Waals surface area contributed by atoms with Gasteiger partial charge in [-0.05, 0) is 44.0 Å². The van der Waals surface area contributed by atoms with Gasteiger partial charge in [0, 0.05) is 12.2 Å². The minimum atomic E-state index is -0.417. The molecule has 0 aromatic heterocycles. The molecule has 0 saturated carbocycles. The normalized spacial score (nSPS) is 17.1. The van der Waals surface area contributed by atoms with E-state index in [-0.39, 0.29) is 5.91 Å². The Kier molecular flexibility index (Phi) is 5.56. The second-order valence-corrected chi connectivity index (χ2v) is 5.52. The molecule has 1 saturated heterocycles. The zero-order chi connectivity index (χ0) is 14.4. The highest BCUT2D eigenvalue weighted by Crippen LogP contribution is 2.20. The van der Waals surface area contributed by atoms with Gasteiger partial charge < -0.3 is 11.1 Å². The summed E-state index contributed by atoms with van der Waals surface area (Å²) in [7, 11) is 0. The number of likely N-dealkylation sites (tertiary alicyclic amines) is 1. The second-order valence-electron chi connectivity index (χ2n) is 5.52. The average Bonchev–Trinajstić information content (AvgIpc) is 2.94. The van der Waals surface area contributed by atoms with E-state index in [0.717, 1.165) is 38.2 Å². The van der Waals surface area contributed by atoms with E-state index in [1.165, 1.54) is 18.4 Å². The number of carbonyl (C=O) groups is 1. The topological polar surface area (TPSA) is 58.4 Å². The zero-order valence-electron chi connectivity index (χ0n) is 12.3. The molecule has 1 unspecified atom stereocenters. The van der Waals surface area contributed by atoms with Crippen LogP contribution in [0.15, 0.2) is 24.3 Å². The van der Waals surface area contributed by atoms with Crippen molar-refractivity contribution in [2.45, 2.75) is 45.2 Å². The Hall–Kier alpha value is -1.39. The van der Waals surface area contributed by atoms with Crippen molar-refractivity contribution >= 4 is 11.6 Å². The Bertz CT molecular complexity index is 441. The molecule has 2 rings (SSSR count). The van der Waals surface area contributed by atoms with E-state index in [2.05, 4.69) is 16.3 Å². The number of anilines is 1. The second kappa shape index (κ2) is 7.41. The molecule has 20 heavy (non-hydrogen) atoms. The molecule has 1 aromatic carbocycles. The molecule has 110 valence electrons. The smallest absolute Gasteiger partial charge is 0.241 e. The number of amides is 1. The first-order valence-electron chi connectivity index (χ1n) is 7.57. The standard InChI is InChI=1S/C16H25N3O/c1-2-7-14(17)16(20)18-15-9-4-3-8-13(15)12-19-10-5-6-11-19/h3-4,8-9,14H,2,5-7,10-12,17H2,1H3,(H,18,20). The van der Waals surface area contributed by atoms with Crippen molar-refractivity contribution in [1.29, 1.82) is 0 Å². The van der Waals surface area contributed by atoms with Crippen molar-refractivity contribution in [2.24, 2.45) is 5.73 Å². The maximum absolute atomic E-state index is 12.0. The van der Waals surface area contributed by atoms with Crippen LogP contribution < -0.4 is 11.1 Å². The van der Waals surface area contributed by atoms with Gasteiger partial charge in [0.25, 0.3) is 0 Å². The quantitative estimate of drug-likeness (QED) is 0.838. The lowest BCUT2D eigenvalue weighted by Gasteiger charge is -2.19. The summed E-state index contributed by atoms with van der Waals surface area (Å²) in [6.07, 6.45) is 4.19. The summed E-state index contributed by atoms with van der Waals surface area (Å²) in [4.78, 5) is 14.5. The number of para-hydroxylation sites is 1. The summed E-state index contributed by atoms with van der Waals surface area (Å²) in [5.41, 5.74) is 7.94. The van der Waals surface area contributed by atoms with E-state index in [4.69, 9.17) is 5.73 Å². The zero-order valence-corrected chi connectivity index (χ0v) is 12.3. The van der Waals surface area contributed by atoms with Gasteiger partial charge in [0.15, 0.2) is 0 Å². The summed E-state index contributed by atoms with van der Waals surface area (Å²) >= 11 is 0. The predicted octanol–water partition coefficient (Wildman–Crippen LogP) is 2.35. The van der Waals surface area contributed by atoms with Gasteiger partial charge >= 0.3 is 0 Å². The lowest BCUT2D eigenvalue weighted by atomic mass is 10.1. The van der Waals surface area contributed by atoms with E-state index in [1.54, 1.807) is 0 Å². The Labute approximate surface area is 121 Å². The molecule has 0 bridgehead atoms. The van der Waals surface area contributed by atoms with Crippen LogP contribution in [0.4, 0.5) is 5.69 Å². The first-order valence-corrected chi connectivity index (χ1v) is 7.57. The number of hydrogen-bond donors (Lipinski definition) is 2. The number of hydrogen-bond acceptors (Lipinski definition) is 3. The molecule has 1 aromatic rings. The van der Waals surface area contributed by atoms with E-state index in [1.807, 2.05) is 25.1 Å². The Morgan fingerprint density at radius 2 is 2.05 bits per heavy atom. The monoisotopic (exact) mass is 275 g/mol. The van der Waals surface area contributed by atoms with Crippen LogP contribution in [0.3, 0.4) is 0 Å². The van der Waals surface area contributed by atoms with Crippen molar-refractivity contribution in [3.63, 3.8) is 0 Å². The number of benzene rings is 1. The molecule has 1 fully saturated rings. The fraction of sp³-hybridized carbons (Fsp3) is 0.562. The first-order chi connectivity index (χ1) is 9.70. The number of nitrogens with one attached hydrogen (secondary N) is 1. The summed E-state index contributed by atoms with van der Waals surface area (Å²) in [6, 6.07) is 7.60. The third-order valence-corrected chi connectivity index (χ3v) is 3.80. The highest BCUT2D eigenvalue weighted by Gasteiger charge is 2.16. The highest BCUT2D eigenvalue weighted by atomic mass is 16.2. The van der Waals surface area contributed by atoms with E-state index in [9.17, 15) is 4.79 Å². The number of rotatable bonds is 6. The lowest BCUT2D eigenvalue weighted by Crippen LogP contribution is -2.35. The van der Waals surface area contributed by atoms with Gasteiger partial charge in [-0.3, -0.25) is 9.69 Å². The SMILES string of the molecule is CCCC(N)C(=O)Nc1ccccc1CN1CCCC1. The van der Waals surface area contributed by atoms with Crippen molar-refractivity contribution < 1.29 is 4.79 Å². The minimum absolute atomic E-state index is 0.0827. The predicted molar refractivity (Wildman–Crippen MR) is 82.5 cm³/mol. The van der Waals surface area contributed by atoms with Crippen LogP contribution in [0.2, 0.25) is 0 Å². The molecule has 1 heterocycles. The van der Waals surface area contributed by atoms with Gasteiger partial charge in [0.1, 0.15) is 0 Å². The van der Waals surface area contributed by atoms with Crippen molar-refractivity contribution in [1.82, 2.24) is 4.90 Å². The molecular formula is C16H25N3O.